The number of carbonyl (C=O) groups excluding carboxylic acids is 2. The number of aromatic nitrogens is 5. The first-order chi connectivity index (χ1) is 19.9. The number of amides is 1. The van der Waals surface area contributed by atoms with E-state index in [4.69, 9.17) is 25.8 Å². The second-order valence-corrected chi connectivity index (χ2v) is 10.3. The van der Waals surface area contributed by atoms with Crippen LogP contribution in [-0.2, 0) is 15.7 Å². The van der Waals surface area contributed by atoms with E-state index in [-0.39, 0.29) is 56.5 Å². The Balaban J connectivity index is 1.50. The topological polar surface area (TPSA) is 226 Å². The summed E-state index contributed by atoms with van der Waals surface area (Å²) in [6.45, 7) is 0.801. The zero-order valence-corrected chi connectivity index (χ0v) is 22.8. The fourth-order valence-electron chi connectivity index (χ4n) is 4.26. The van der Waals surface area contributed by atoms with Crippen molar-refractivity contribution in [3.8, 4) is 22.4 Å². The first-order valence-corrected chi connectivity index (χ1v) is 13.5. The molecule has 0 aliphatic carbocycles. The fraction of sp³-hybridized carbons (Fsp3) is 0.120. The number of rotatable bonds is 7. The van der Waals surface area contributed by atoms with Crippen LogP contribution in [0.5, 0.6) is 0 Å². The number of nitrogens with two attached hydrogens (primary N) is 2. The number of halogens is 1. The minimum absolute atomic E-state index is 0.0240. The molecule has 0 saturated heterocycles. The second kappa shape index (κ2) is 10.8. The summed E-state index contributed by atoms with van der Waals surface area (Å²) in [6.07, 6.45) is 5.49. The maximum atomic E-state index is 15.0. The van der Waals surface area contributed by atoms with Crippen LogP contribution in [-0.4, -0.2) is 53.6 Å². The predicted molar refractivity (Wildman–Crippen MR) is 148 cm³/mol. The van der Waals surface area contributed by atoms with Gasteiger partial charge in [0.1, 0.15) is 11.6 Å². The maximum Gasteiger partial charge on any atom is 0.469 e. The molecule has 0 aliphatic heterocycles. The summed E-state index contributed by atoms with van der Waals surface area (Å²) in [5, 5.41) is 8.08. The Morgan fingerprint density at radius 1 is 1.19 bits per heavy atom. The van der Waals surface area contributed by atoms with E-state index in [1.807, 2.05) is 0 Å². The summed E-state index contributed by atoms with van der Waals surface area (Å²) in [6, 6.07) is 4.65. The second-order valence-electron chi connectivity index (χ2n) is 9.03. The Morgan fingerprint density at radius 3 is 2.67 bits per heavy atom. The molecule has 17 heteroatoms. The molecule has 15 nitrogen and oxygen atoms in total. The third kappa shape index (κ3) is 5.34. The van der Waals surface area contributed by atoms with Crippen LogP contribution in [0.3, 0.4) is 0 Å². The fourth-order valence-corrected chi connectivity index (χ4v) is 4.57. The van der Waals surface area contributed by atoms with Gasteiger partial charge in [0.15, 0.2) is 17.2 Å². The zero-order chi connectivity index (χ0) is 30.3. The van der Waals surface area contributed by atoms with E-state index in [0.717, 1.165) is 15.6 Å². The molecule has 1 aromatic carbocycles. The Bertz CT molecular complexity index is 1920. The molecule has 0 radical (unpaired) electrons. The van der Waals surface area contributed by atoms with E-state index in [9.17, 15) is 18.5 Å². The van der Waals surface area contributed by atoms with Crippen LogP contribution in [0.2, 0.25) is 0 Å². The van der Waals surface area contributed by atoms with E-state index in [1.165, 1.54) is 57.0 Å². The minimum atomic E-state index is -4.77. The van der Waals surface area contributed by atoms with Crippen LogP contribution in [0.1, 0.15) is 22.8 Å². The number of phosphoric ester groups is 1. The third-order valence-electron chi connectivity index (χ3n) is 6.25. The van der Waals surface area contributed by atoms with Crippen molar-refractivity contribution >= 4 is 47.9 Å². The van der Waals surface area contributed by atoms with Gasteiger partial charge >= 0.3 is 13.9 Å². The SMILES string of the molecule is CC(=O)c1cc(-c2ncc(-c3cnn(C(=O)N(C)c4ncccc4COP(=O)(O)O)c3)c3onc(N)c23)c(F)cc1N. The Labute approximate surface area is 235 Å². The van der Waals surface area contributed by atoms with Gasteiger partial charge in [-0.3, -0.25) is 19.2 Å². The highest BCUT2D eigenvalue weighted by Crippen LogP contribution is 2.39. The quantitative estimate of drug-likeness (QED) is 0.120. The summed E-state index contributed by atoms with van der Waals surface area (Å²) in [5.74, 6) is -1.10. The first-order valence-electron chi connectivity index (χ1n) is 12.0. The lowest BCUT2D eigenvalue weighted by Gasteiger charge is -2.19. The molecule has 1 amide bonds. The predicted octanol–water partition coefficient (Wildman–Crippen LogP) is 3.37. The molecule has 4 aromatic heterocycles. The van der Waals surface area contributed by atoms with Gasteiger partial charge in [0, 0.05) is 59.1 Å². The average molecular weight is 596 g/mol. The lowest BCUT2D eigenvalue weighted by atomic mass is 9.99. The smallest absolute Gasteiger partial charge is 0.398 e. The lowest BCUT2D eigenvalue weighted by molar-refractivity contribution is 0.101. The molecule has 0 bridgehead atoms. The minimum Gasteiger partial charge on any atom is -0.398 e. The normalized spacial score (nSPS) is 11.6. The number of ketones is 1. The van der Waals surface area contributed by atoms with Crippen LogP contribution in [0.4, 0.5) is 26.5 Å². The lowest BCUT2D eigenvalue weighted by Crippen LogP contribution is -2.32. The van der Waals surface area contributed by atoms with Crippen LogP contribution < -0.4 is 16.4 Å². The van der Waals surface area contributed by atoms with Gasteiger partial charge in [0.25, 0.3) is 0 Å². The van der Waals surface area contributed by atoms with Crippen molar-refractivity contribution in [3.05, 3.63) is 66.0 Å². The van der Waals surface area contributed by atoms with Crippen molar-refractivity contribution in [2.24, 2.45) is 0 Å². The molecule has 6 N–H and O–H groups in total. The van der Waals surface area contributed by atoms with Gasteiger partial charge < -0.3 is 25.8 Å². The van der Waals surface area contributed by atoms with Crippen molar-refractivity contribution in [1.29, 1.82) is 0 Å². The zero-order valence-electron chi connectivity index (χ0n) is 21.9. The highest BCUT2D eigenvalue weighted by atomic mass is 31.2. The summed E-state index contributed by atoms with van der Waals surface area (Å²) >= 11 is 0. The number of fused-ring (bicyclic) bond motifs is 1. The van der Waals surface area contributed by atoms with E-state index in [2.05, 4.69) is 24.7 Å². The maximum absolute atomic E-state index is 15.0. The van der Waals surface area contributed by atoms with Crippen molar-refractivity contribution in [1.82, 2.24) is 24.9 Å². The van der Waals surface area contributed by atoms with Crippen LogP contribution >= 0.6 is 7.82 Å². The molecule has 0 unspecified atom stereocenters. The van der Waals surface area contributed by atoms with Gasteiger partial charge in [0.2, 0.25) is 0 Å². The number of benzene rings is 1. The van der Waals surface area contributed by atoms with Crippen molar-refractivity contribution in [2.75, 3.05) is 23.4 Å². The van der Waals surface area contributed by atoms with Crippen molar-refractivity contribution < 1.29 is 37.4 Å². The number of phosphoric acid groups is 1. The molecule has 0 spiro atoms. The summed E-state index contributed by atoms with van der Waals surface area (Å²) in [5.41, 5.74) is 13.0. The molecule has 0 saturated carbocycles. The number of nitrogens with zero attached hydrogens (tertiary/aromatic N) is 6. The van der Waals surface area contributed by atoms with Gasteiger partial charge in [0.05, 0.1) is 23.9 Å². The van der Waals surface area contributed by atoms with Crippen molar-refractivity contribution in [2.45, 2.75) is 13.5 Å². The summed E-state index contributed by atoms with van der Waals surface area (Å²) in [7, 11) is -3.37. The van der Waals surface area contributed by atoms with E-state index < -0.39 is 26.3 Å². The molecule has 216 valence electrons. The summed E-state index contributed by atoms with van der Waals surface area (Å²) in [4.78, 5) is 52.9. The highest BCUT2D eigenvalue weighted by Gasteiger charge is 2.25. The number of hydrogen-bond donors (Lipinski definition) is 4. The van der Waals surface area contributed by atoms with Gasteiger partial charge in [-0.15, -0.1) is 0 Å². The van der Waals surface area contributed by atoms with Crippen molar-refractivity contribution in [3.63, 3.8) is 0 Å². The standard InChI is InChI=1S/C25H22FN8O7P/c1-12(35)15-6-16(18(26)7-19(15)27)21-20-22(41-32-23(20)28)17(9-30-21)14-8-31-34(10-14)25(36)33(2)24-13(4-3-5-29-24)11-40-42(37,38)39/h3-10H,11,27H2,1-2H3,(H2,28,32)(H2,37,38,39). The number of nitrogen functional groups attached to an aromatic ring is 2. The molecule has 5 aromatic rings. The number of pyridine rings is 2. The van der Waals surface area contributed by atoms with Crippen LogP contribution in [0, 0.1) is 5.82 Å². The van der Waals surface area contributed by atoms with Gasteiger partial charge in [-0.05, 0) is 25.1 Å². The Kier molecular flexibility index (Phi) is 7.30. The highest BCUT2D eigenvalue weighted by molar-refractivity contribution is 7.46. The third-order valence-corrected chi connectivity index (χ3v) is 6.71. The largest absolute Gasteiger partial charge is 0.469 e. The monoisotopic (exact) mass is 596 g/mol. The number of Topliss-reactive ketones (excluding diaryl/α,β-unsaturated/α-hetero) is 1. The van der Waals surface area contributed by atoms with Gasteiger partial charge in [-0.1, -0.05) is 11.2 Å². The van der Waals surface area contributed by atoms with Gasteiger partial charge in [-0.2, -0.15) is 9.78 Å². The van der Waals surface area contributed by atoms with Gasteiger partial charge in [-0.25, -0.2) is 18.7 Å². The van der Waals surface area contributed by atoms with E-state index >= 15 is 0 Å². The molecular weight excluding hydrogens is 574 g/mol. The number of anilines is 3. The number of hydrogen-bond acceptors (Lipinski definition) is 11. The molecule has 0 fully saturated rings. The molecule has 42 heavy (non-hydrogen) atoms. The molecule has 0 aliphatic rings. The molecule has 5 rings (SSSR count). The molecular formula is C25H22FN8O7P. The first kappa shape index (κ1) is 28.5. The van der Waals surface area contributed by atoms with Crippen LogP contribution in [0.25, 0.3) is 33.4 Å². The average Bonchev–Trinajstić information content (AvgIpc) is 3.58. The van der Waals surface area contributed by atoms with Crippen LogP contribution in [0.15, 0.2) is 53.6 Å². The van der Waals surface area contributed by atoms with E-state index in [0.29, 0.717) is 11.1 Å². The number of carbonyl (C=O) groups is 2. The molecule has 4 heterocycles. The van der Waals surface area contributed by atoms with E-state index in [1.54, 1.807) is 0 Å². The summed E-state index contributed by atoms with van der Waals surface area (Å²) < 4.78 is 37.1. The Hall–Kier alpha value is -5.02. The molecule has 0 atom stereocenters. The Morgan fingerprint density at radius 2 is 1.95 bits per heavy atom.